The first-order chi connectivity index (χ1) is 8.49. The molecule has 2 aliphatic heterocycles. The van der Waals surface area contributed by atoms with Gasteiger partial charge in [-0.05, 0) is 25.8 Å². The van der Waals surface area contributed by atoms with E-state index in [1.165, 1.54) is 0 Å². The van der Waals surface area contributed by atoms with Crippen molar-refractivity contribution in [3.05, 3.63) is 0 Å². The number of carboxylic acid groups (broad SMARTS) is 1. The molecule has 1 atom stereocenters. The molecule has 0 aromatic carbocycles. The standard InChI is InChI=1S/C11H20N2O4S/c14-11(15)4-2-8-18(16,17)13-7-6-12-5-1-3-10(12)9-13/h10H,1-9H2,(H,14,15). The van der Waals surface area contributed by atoms with E-state index in [1.54, 1.807) is 4.31 Å². The first kappa shape index (κ1) is 13.8. The number of fused-ring (bicyclic) bond motifs is 1. The third kappa shape index (κ3) is 3.21. The first-order valence-electron chi connectivity index (χ1n) is 6.43. The van der Waals surface area contributed by atoms with E-state index in [4.69, 9.17) is 5.11 Å². The maximum Gasteiger partial charge on any atom is 0.303 e. The van der Waals surface area contributed by atoms with Gasteiger partial charge >= 0.3 is 5.97 Å². The average molecular weight is 276 g/mol. The van der Waals surface area contributed by atoms with E-state index in [2.05, 4.69) is 4.90 Å². The smallest absolute Gasteiger partial charge is 0.303 e. The van der Waals surface area contributed by atoms with Gasteiger partial charge in [-0.15, -0.1) is 0 Å². The summed E-state index contributed by atoms with van der Waals surface area (Å²) in [6.07, 6.45) is 2.34. The molecule has 2 saturated heterocycles. The number of sulfonamides is 1. The molecule has 1 N–H and O–H groups in total. The molecule has 0 saturated carbocycles. The molecule has 18 heavy (non-hydrogen) atoms. The zero-order valence-electron chi connectivity index (χ0n) is 10.4. The lowest BCUT2D eigenvalue weighted by molar-refractivity contribution is -0.137. The van der Waals surface area contributed by atoms with Crippen LogP contribution >= 0.6 is 0 Å². The van der Waals surface area contributed by atoms with E-state index in [1.807, 2.05) is 0 Å². The van der Waals surface area contributed by atoms with E-state index in [0.717, 1.165) is 25.9 Å². The summed E-state index contributed by atoms with van der Waals surface area (Å²) in [6.45, 7) is 3.02. The van der Waals surface area contributed by atoms with Crippen LogP contribution in [-0.4, -0.2) is 66.7 Å². The van der Waals surface area contributed by atoms with E-state index in [9.17, 15) is 13.2 Å². The number of carbonyl (C=O) groups is 1. The maximum absolute atomic E-state index is 12.1. The summed E-state index contributed by atoms with van der Waals surface area (Å²) < 4.78 is 25.7. The first-order valence-corrected chi connectivity index (χ1v) is 8.03. The van der Waals surface area contributed by atoms with Crippen molar-refractivity contribution < 1.29 is 18.3 Å². The summed E-state index contributed by atoms with van der Waals surface area (Å²) >= 11 is 0. The maximum atomic E-state index is 12.1. The molecule has 0 bridgehead atoms. The van der Waals surface area contributed by atoms with Crippen molar-refractivity contribution in [1.29, 1.82) is 0 Å². The summed E-state index contributed by atoms with van der Waals surface area (Å²) in [6, 6.07) is 0.369. The monoisotopic (exact) mass is 276 g/mol. The number of piperazine rings is 1. The molecule has 2 rings (SSSR count). The molecule has 6 nitrogen and oxygen atoms in total. The van der Waals surface area contributed by atoms with Crippen molar-refractivity contribution in [2.45, 2.75) is 31.7 Å². The molecule has 2 aliphatic rings. The zero-order valence-corrected chi connectivity index (χ0v) is 11.2. The minimum Gasteiger partial charge on any atom is -0.481 e. The molecule has 2 fully saturated rings. The van der Waals surface area contributed by atoms with Crippen molar-refractivity contribution in [3.63, 3.8) is 0 Å². The molecule has 0 spiro atoms. The number of rotatable bonds is 5. The van der Waals surface area contributed by atoms with Crippen LogP contribution in [0.4, 0.5) is 0 Å². The van der Waals surface area contributed by atoms with E-state index in [0.29, 0.717) is 19.1 Å². The van der Waals surface area contributed by atoms with Crippen LogP contribution in [0.25, 0.3) is 0 Å². The molecule has 0 aromatic heterocycles. The molecular formula is C11H20N2O4S. The van der Waals surface area contributed by atoms with E-state index >= 15 is 0 Å². The third-order valence-corrected chi connectivity index (χ3v) is 5.66. The van der Waals surface area contributed by atoms with Crippen LogP contribution in [0.5, 0.6) is 0 Å². The van der Waals surface area contributed by atoms with Crippen LogP contribution in [0.1, 0.15) is 25.7 Å². The summed E-state index contributed by atoms with van der Waals surface area (Å²) in [4.78, 5) is 12.7. The van der Waals surface area contributed by atoms with Crippen LogP contribution < -0.4 is 0 Å². The van der Waals surface area contributed by atoms with Crippen LogP contribution in [0, 0.1) is 0 Å². The SMILES string of the molecule is O=C(O)CCCS(=O)(=O)N1CCN2CCCC2C1. The Kier molecular flexibility index (Phi) is 4.24. The van der Waals surface area contributed by atoms with Crippen LogP contribution in [0.15, 0.2) is 0 Å². The topological polar surface area (TPSA) is 77.9 Å². The lowest BCUT2D eigenvalue weighted by atomic mass is 10.2. The molecule has 0 aliphatic carbocycles. The molecule has 2 heterocycles. The molecule has 7 heteroatoms. The highest BCUT2D eigenvalue weighted by atomic mass is 32.2. The van der Waals surface area contributed by atoms with E-state index < -0.39 is 16.0 Å². The summed E-state index contributed by atoms with van der Waals surface area (Å²) in [5.41, 5.74) is 0. The largest absolute Gasteiger partial charge is 0.481 e. The minimum atomic E-state index is -3.27. The van der Waals surface area contributed by atoms with Gasteiger partial charge in [0.2, 0.25) is 10.0 Å². The van der Waals surface area contributed by atoms with Gasteiger partial charge in [-0.1, -0.05) is 0 Å². The van der Waals surface area contributed by atoms with Gasteiger partial charge in [0.05, 0.1) is 5.75 Å². The van der Waals surface area contributed by atoms with Gasteiger partial charge in [0.15, 0.2) is 0 Å². The van der Waals surface area contributed by atoms with Crippen LogP contribution in [0.2, 0.25) is 0 Å². The summed E-state index contributed by atoms with van der Waals surface area (Å²) in [5, 5.41) is 8.53. The Balaban J connectivity index is 1.87. The molecule has 1 unspecified atom stereocenters. The quantitative estimate of drug-likeness (QED) is 0.762. The van der Waals surface area contributed by atoms with Gasteiger partial charge in [-0.2, -0.15) is 4.31 Å². The molecule has 0 radical (unpaired) electrons. The molecule has 104 valence electrons. The Morgan fingerprint density at radius 1 is 1.28 bits per heavy atom. The molecular weight excluding hydrogens is 256 g/mol. The summed E-state index contributed by atoms with van der Waals surface area (Å²) in [5.74, 6) is -0.989. The van der Waals surface area contributed by atoms with Gasteiger partial charge in [0, 0.05) is 32.1 Å². The number of aliphatic carboxylic acids is 1. The Morgan fingerprint density at radius 2 is 2.06 bits per heavy atom. The van der Waals surface area contributed by atoms with Crippen LogP contribution in [-0.2, 0) is 14.8 Å². The van der Waals surface area contributed by atoms with Gasteiger partial charge < -0.3 is 5.11 Å². The average Bonchev–Trinajstić information content (AvgIpc) is 2.74. The van der Waals surface area contributed by atoms with Crippen molar-refractivity contribution in [3.8, 4) is 0 Å². The van der Waals surface area contributed by atoms with Gasteiger partial charge in [0.1, 0.15) is 0 Å². The number of carboxylic acids is 1. The Morgan fingerprint density at radius 3 is 2.78 bits per heavy atom. The Bertz CT molecular complexity index is 409. The number of nitrogens with zero attached hydrogens (tertiary/aromatic N) is 2. The van der Waals surface area contributed by atoms with Crippen LogP contribution in [0.3, 0.4) is 0 Å². The Hall–Kier alpha value is -0.660. The van der Waals surface area contributed by atoms with Gasteiger partial charge in [-0.25, -0.2) is 8.42 Å². The fourth-order valence-corrected chi connectivity index (χ4v) is 4.28. The number of hydrogen-bond donors (Lipinski definition) is 1. The fourth-order valence-electron chi connectivity index (χ4n) is 2.75. The van der Waals surface area contributed by atoms with Crippen molar-refractivity contribution in [2.75, 3.05) is 31.9 Å². The van der Waals surface area contributed by atoms with E-state index in [-0.39, 0.29) is 18.6 Å². The lowest BCUT2D eigenvalue weighted by Gasteiger charge is -2.36. The Labute approximate surface area is 108 Å². The highest BCUT2D eigenvalue weighted by Gasteiger charge is 2.35. The van der Waals surface area contributed by atoms with Gasteiger partial charge in [-0.3, -0.25) is 9.69 Å². The zero-order chi connectivity index (χ0) is 13.2. The van der Waals surface area contributed by atoms with Crippen molar-refractivity contribution >= 4 is 16.0 Å². The highest BCUT2D eigenvalue weighted by Crippen LogP contribution is 2.23. The lowest BCUT2D eigenvalue weighted by Crippen LogP contribution is -2.52. The molecule has 0 amide bonds. The van der Waals surface area contributed by atoms with Gasteiger partial charge in [0.25, 0.3) is 0 Å². The van der Waals surface area contributed by atoms with Crippen molar-refractivity contribution in [2.24, 2.45) is 0 Å². The third-order valence-electron chi connectivity index (χ3n) is 3.74. The van der Waals surface area contributed by atoms with Crippen molar-refractivity contribution in [1.82, 2.24) is 9.21 Å². The predicted molar refractivity (Wildman–Crippen MR) is 66.8 cm³/mol. The second kappa shape index (κ2) is 5.54. The predicted octanol–water partition coefficient (Wildman–Crippen LogP) is -0.0390. The minimum absolute atomic E-state index is 0.0496. The number of hydrogen-bond acceptors (Lipinski definition) is 4. The molecule has 0 aromatic rings. The second-order valence-electron chi connectivity index (χ2n) is 5.00. The summed E-state index contributed by atoms with van der Waals surface area (Å²) in [7, 11) is -3.27. The highest BCUT2D eigenvalue weighted by molar-refractivity contribution is 7.89. The second-order valence-corrected chi connectivity index (χ2v) is 7.09. The normalized spacial score (nSPS) is 26.1. The fraction of sp³-hybridized carbons (Fsp3) is 0.909.